The molecule has 4 heteroatoms. The molecule has 1 atom stereocenters. The maximum absolute atomic E-state index is 10.7. The molecule has 4 nitrogen and oxygen atoms in total. The summed E-state index contributed by atoms with van der Waals surface area (Å²) in [6.07, 6.45) is 0. The third-order valence-corrected chi connectivity index (χ3v) is 1.83. The number of aromatic hydroxyl groups is 1. The first-order chi connectivity index (χ1) is 6.15. The first-order valence-corrected chi connectivity index (χ1v) is 3.87. The Kier molecular flexibility index (Phi) is 2.87. The summed E-state index contributed by atoms with van der Waals surface area (Å²) in [6, 6.07) is 6.00. The standard InChI is InChI=1S/C9H11NO3/c10-5-8(9(12)13)6-1-3-7(11)4-2-6/h1-4,8,11H,5,10H2,(H,12,13)/t8-/m1/s1. The molecule has 0 aromatic heterocycles. The van der Waals surface area contributed by atoms with Crippen LogP contribution in [-0.4, -0.2) is 22.7 Å². The van der Waals surface area contributed by atoms with Gasteiger partial charge < -0.3 is 15.9 Å². The zero-order chi connectivity index (χ0) is 9.84. The third kappa shape index (κ3) is 2.19. The second-order valence-electron chi connectivity index (χ2n) is 2.72. The third-order valence-electron chi connectivity index (χ3n) is 1.83. The van der Waals surface area contributed by atoms with Gasteiger partial charge in [0.1, 0.15) is 5.75 Å². The molecule has 0 aliphatic heterocycles. The van der Waals surface area contributed by atoms with Crippen LogP contribution in [0.2, 0.25) is 0 Å². The summed E-state index contributed by atoms with van der Waals surface area (Å²) in [5.41, 5.74) is 5.90. The Hall–Kier alpha value is -1.55. The molecule has 0 amide bonds. The second-order valence-corrected chi connectivity index (χ2v) is 2.72. The average Bonchev–Trinajstić information content (AvgIpc) is 2.09. The topological polar surface area (TPSA) is 83.6 Å². The summed E-state index contributed by atoms with van der Waals surface area (Å²) in [7, 11) is 0. The predicted octanol–water partition coefficient (Wildman–Crippen LogP) is 0.519. The van der Waals surface area contributed by atoms with Crippen LogP contribution in [0.3, 0.4) is 0 Å². The van der Waals surface area contributed by atoms with Crippen molar-refractivity contribution in [3.63, 3.8) is 0 Å². The van der Waals surface area contributed by atoms with E-state index in [2.05, 4.69) is 0 Å². The van der Waals surface area contributed by atoms with E-state index in [1.807, 2.05) is 0 Å². The van der Waals surface area contributed by atoms with E-state index < -0.39 is 11.9 Å². The van der Waals surface area contributed by atoms with Crippen molar-refractivity contribution >= 4 is 5.97 Å². The van der Waals surface area contributed by atoms with E-state index in [0.29, 0.717) is 5.56 Å². The molecular weight excluding hydrogens is 170 g/mol. The molecule has 0 saturated carbocycles. The minimum absolute atomic E-state index is 0.0557. The van der Waals surface area contributed by atoms with Crippen LogP contribution in [-0.2, 0) is 4.79 Å². The number of hydrogen-bond acceptors (Lipinski definition) is 3. The molecule has 0 bridgehead atoms. The zero-order valence-electron chi connectivity index (χ0n) is 6.97. The largest absolute Gasteiger partial charge is 0.508 e. The molecule has 0 aliphatic carbocycles. The minimum atomic E-state index is -0.951. The van der Waals surface area contributed by atoms with Crippen LogP contribution in [0.25, 0.3) is 0 Å². The Morgan fingerprint density at radius 1 is 1.38 bits per heavy atom. The monoisotopic (exact) mass is 181 g/mol. The molecule has 0 spiro atoms. The number of hydrogen-bond donors (Lipinski definition) is 3. The molecule has 0 unspecified atom stereocenters. The number of phenolic OH excluding ortho intramolecular Hbond substituents is 1. The summed E-state index contributed by atoms with van der Waals surface area (Å²) >= 11 is 0. The Morgan fingerprint density at radius 2 is 1.92 bits per heavy atom. The van der Waals surface area contributed by atoms with Crippen molar-refractivity contribution in [2.45, 2.75) is 5.92 Å². The fourth-order valence-electron chi connectivity index (χ4n) is 1.09. The van der Waals surface area contributed by atoms with Crippen molar-refractivity contribution in [3.05, 3.63) is 29.8 Å². The maximum Gasteiger partial charge on any atom is 0.312 e. The van der Waals surface area contributed by atoms with Gasteiger partial charge in [-0.25, -0.2) is 0 Å². The first kappa shape index (κ1) is 9.54. The zero-order valence-corrected chi connectivity index (χ0v) is 6.97. The van der Waals surface area contributed by atoms with E-state index in [0.717, 1.165) is 0 Å². The molecule has 1 aromatic carbocycles. The smallest absolute Gasteiger partial charge is 0.312 e. The summed E-state index contributed by atoms with van der Waals surface area (Å²) in [6.45, 7) is 0.0557. The van der Waals surface area contributed by atoms with Gasteiger partial charge in [0.25, 0.3) is 0 Å². The van der Waals surface area contributed by atoms with Crippen LogP contribution in [0.5, 0.6) is 5.75 Å². The van der Waals surface area contributed by atoms with Crippen molar-refractivity contribution in [2.24, 2.45) is 5.73 Å². The summed E-state index contributed by atoms with van der Waals surface area (Å²) in [5.74, 6) is -1.53. The van der Waals surface area contributed by atoms with Gasteiger partial charge in [-0.15, -0.1) is 0 Å². The van der Waals surface area contributed by atoms with Crippen LogP contribution in [0, 0.1) is 0 Å². The molecular formula is C9H11NO3. The lowest BCUT2D eigenvalue weighted by atomic mass is 10.00. The molecule has 4 N–H and O–H groups in total. The van der Waals surface area contributed by atoms with E-state index in [4.69, 9.17) is 15.9 Å². The lowest BCUT2D eigenvalue weighted by Crippen LogP contribution is -2.20. The number of rotatable bonds is 3. The lowest BCUT2D eigenvalue weighted by molar-refractivity contribution is -0.138. The maximum atomic E-state index is 10.7. The fraction of sp³-hybridized carbons (Fsp3) is 0.222. The van der Waals surface area contributed by atoms with Crippen molar-refractivity contribution < 1.29 is 15.0 Å². The minimum Gasteiger partial charge on any atom is -0.508 e. The highest BCUT2D eigenvalue weighted by Gasteiger charge is 2.17. The van der Waals surface area contributed by atoms with E-state index in [1.54, 1.807) is 12.1 Å². The van der Waals surface area contributed by atoms with Crippen molar-refractivity contribution in [1.29, 1.82) is 0 Å². The second kappa shape index (κ2) is 3.91. The Labute approximate surface area is 75.6 Å². The predicted molar refractivity (Wildman–Crippen MR) is 47.5 cm³/mol. The van der Waals surface area contributed by atoms with Crippen LogP contribution in [0.4, 0.5) is 0 Å². The van der Waals surface area contributed by atoms with Crippen LogP contribution in [0.1, 0.15) is 11.5 Å². The van der Waals surface area contributed by atoms with E-state index in [-0.39, 0.29) is 12.3 Å². The molecule has 0 aliphatic rings. The van der Waals surface area contributed by atoms with Gasteiger partial charge in [0.15, 0.2) is 0 Å². The Morgan fingerprint density at radius 3 is 2.31 bits per heavy atom. The highest BCUT2D eigenvalue weighted by atomic mass is 16.4. The molecule has 0 fully saturated rings. The number of aliphatic carboxylic acids is 1. The number of benzene rings is 1. The lowest BCUT2D eigenvalue weighted by Gasteiger charge is -2.09. The van der Waals surface area contributed by atoms with Gasteiger partial charge >= 0.3 is 5.97 Å². The van der Waals surface area contributed by atoms with E-state index in [9.17, 15) is 4.79 Å². The van der Waals surface area contributed by atoms with Gasteiger partial charge in [-0.2, -0.15) is 0 Å². The quantitative estimate of drug-likeness (QED) is 0.634. The highest BCUT2D eigenvalue weighted by Crippen LogP contribution is 2.17. The molecule has 1 rings (SSSR count). The first-order valence-electron chi connectivity index (χ1n) is 3.87. The molecule has 1 aromatic rings. The van der Waals surface area contributed by atoms with Gasteiger partial charge in [-0.3, -0.25) is 4.79 Å². The Balaban J connectivity index is 2.92. The van der Waals surface area contributed by atoms with E-state index >= 15 is 0 Å². The number of phenols is 1. The van der Waals surface area contributed by atoms with Gasteiger partial charge in [-0.05, 0) is 17.7 Å². The molecule has 70 valence electrons. The summed E-state index contributed by atoms with van der Waals surface area (Å²) < 4.78 is 0. The molecule has 0 saturated heterocycles. The number of carbonyl (C=O) groups is 1. The van der Waals surface area contributed by atoms with Crippen LogP contribution in [0.15, 0.2) is 24.3 Å². The molecule has 0 radical (unpaired) electrons. The number of carboxylic acids is 1. The average molecular weight is 181 g/mol. The van der Waals surface area contributed by atoms with Crippen LogP contribution < -0.4 is 5.73 Å². The molecule has 0 heterocycles. The normalized spacial score (nSPS) is 12.4. The van der Waals surface area contributed by atoms with Crippen molar-refractivity contribution in [1.82, 2.24) is 0 Å². The summed E-state index contributed by atoms with van der Waals surface area (Å²) in [5, 5.41) is 17.7. The fourth-order valence-corrected chi connectivity index (χ4v) is 1.09. The van der Waals surface area contributed by atoms with E-state index in [1.165, 1.54) is 12.1 Å². The van der Waals surface area contributed by atoms with Gasteiger partial charge in [0.05, 0.1) is 5.92 Å². The Bertz CT molecular complexity index is 294. The van der Waals surface area contributed by atoms with Gasteiger partial charge in [-0.1, -0.05) is 12.1 Å². The van der Waals surface area contributed by atoms with Crippen molar-refractivity contribution in [2.75, 3.05) is 6.54 Å². The van der Waals surface area contributed by atoms with Crippen LogP contribution >= 0.6 is 0 Å². The number of carboxylic acid groups (broad SMARTS) is 1. The van der Waals surface area contributed by atoms with Crippen molar-refractivity contribution in [3.8, 4) is 5.75 Å². The van der Waals surface area contributed by atoms with Gasteiger partial charge in [0, 0.05) is 6.54 Å². The SMILES string of the molecule is NC[C@@H](C(=O)O)c1ccc(O)cc1. The van der Waals surface area contributed by atoms with Gasteiger partial charge in [0.2, 0.25) is 0 Å². The molecule has 13 heavy (non-hydrogen) atoms. The highest BCUT2D eigenvalue weighted by molar-refractivity contribution is 5.76. The number of nitrogens with two attached hydrogens (primary N) is 1. The summed E-state index contributed by atoms with van der Waals surface area (Å²) in [4.78, 5) is 10.7.